The fourth-order valence-electron chi connectivity index (χ4n) is 4.54. The number of aromatic nitrogens is 2. The van der Waals surface area contributed by atoms with Crippen LogP contribution in [0.1, 0.15) is 30.9 Å². The number of nitrogens with one attached hydrogen (secondary N) is 2. The van der Waals surface area contributed by atoms with E-state index in [0.29, 0.717) is 44.7 Å². The first-order valence-electron chi connectivity index (χ1n) is 11.7. The third kappa shape index (κ3) is 5.15. The standard InChI is InChI=1S/C23H31N5O6/c1-26-20-16(5-3-13-33-14-15-34-23(32)27-11-9-24-10-12-27)4-2-6-17(20)28(22(26)31)18-7-8-19(29)25-21(18)30/h2,4,6,18,24H,3,5,7-15H2,1H3,(H,25,29,30). The van der Waals surface area contributed by atoms with Crippen molar-refractivity contribution in [2.24, 2.45) is 7.05 Å². The number of fused-ring (bicyclic) bond motifs is 1. The summed E-state index contributed by atoms with van der Waals surface area (Å²) < 4.78 is 13.9. The number of piperazine rings is 1. The van der Waals surface area contributed by atoms with Gasteiger partial charge in [0.1, 0.15) is 12.6 Å². The number of hydrogen-bond donors (Lipinski definition) is 2. The number of aryl methyl sites for hydroxylation is 2. The van der Waals surface area contributed by atoms with E-state index in [0.717, 1.165) is 30.6 Å². The van der Waals surface area contributed by atoms with Crippen molar-refractivity contribution < 1.29 is 23.9 Å². The highest BCUT2D eigenvalue weighted by atomic mass is 16.6. The number of hydrogen-bond acceptors (Lipinski definition) is 7. The number of nitrogens with zero attached hydrogens (tertiary/aromatic N) is 3. The summed E-state index contributed by atoms with van der Waals surface area (Å²) >= 11 is 0. The summed E-state index contributed by atoms with van der Waals surface area (Å²) in [6, 6.07) is 4.96. The van der Waals surface area contributed by atoms with Crippen LogP contribution in [-0.2, 0) is 32.5 Å². The molecule has 0 radical (unpaired) electrons. The Kier molecular flexibility index (Phi) is 7.63. The van der Waals surface area contributed by atoms with E-state index < -0.39 is 11.9 Å². The molecule has 3 heterocycles. The average Bonchev–Trinajstić information content (AvgIpc) is 3.09. The third-order valence-electron chi connectivity index (χ3n) is 6.27. The number of imide groups is 1. The lowest BCUT2D eigenvalue weighted by Gasteiger charge is -2.26. The monoisotopic (exact) mass is 473 g/mol. The molecule has 1 aromatic carbocycles. The van der Waals surface area contributed by atoms with Gasteiger partial charge in [-0.2, -0.15) is 0 Å². The van der Waals surface area contributed by atoms with Crippen LogP contribution >= 0.6 is 0 Å². The number of para-hydroxylation sites is 1. The molecule has 0 bridgehead atoms. The molecule has 0 spiro atoms. The minimum absolute atomic E-state index is 0.209. The summed E-state index contributed by atoms with van der Waals surface area (Å²) in [7, 11) is 1.69. The molecule has 4 rings (SSSR count). The minimum atomic E-state index is -0.698. The van der Waals surface area contributed by atoms with Crippen LogP contribution in [0.15, 0.2) is 23.0 Å². The number of piperidine rings is 1. The van der Waals surface area contributed by atoms with Crippen molar-refractivity contribution >= 4 is 28.9 Å². The van der Waals surface area contributed by atoms with Crippen molar-refractivity contribution in [2.45, 2.75) is 31.7 Å². The Morgan fingerprint density at radius 3 is 2.68 bits per heavy atom. The van der Waals surface area contributed by atoms with Crippen LogP contribution in [0.4, 0.5) is 4.79 Å². The highest BCUT2D eigenvalue weighted by Gasteiger charge is 2.31. The molecule has 0 saturated carbocycles. The number of carbonyl (C=O) groups is 3. The van der Waals surface area contributed by atoms with Gasteiger partial charge in [-0.3, -0.25) is 24.0 Å². The first kappa shape index (κ1) is 24.0. The molecule has 3 amide bonds. The second kappa shape index (κ2) is 10.8. The lowest BCUT2D eigenvalue weighted by Crippen LogP contribution is -2.46. The van der Waals surface area contributed by atoms with Crippen LogP contribution in [0.25, 0.3) is 11.0 Å². The van der Waals surface area contributed by atoms with Crippen molar-refractivity contribution in [3.05, 3.63) is 34.2 Å². The zero-order valence-corrected chi connectivity index (χ0v) is 19.4. The maximum atomic E-state index is 13.0. The molecule has 2 aliphatic rings. The lowest BCUT2D eigenvalue weighted by molar-refractivity contribution is -0.135. The number of amides is 3. The van der Waals surface area contributed by atoms with E-state index in [1.54, 1.807) is 16.5 Å². The normalized spacial score (nSPS) is 18.9. The SMILES string of the molecule is Cn1c(=O)n(C2CCC(=O)NC2=O)c2cccc(CCCOCCOC(=O)N3CCNCC3)c21. The van der Waals surface area contributed by atoms with E-state index in [2.05, 4.69) is 10.6 Å². The summed E-state index contributed by atoms with van der Waals surface area (Å²) in [5, 5.41) is 5.52. The molecule has 11 nitrogen and oxygen atoms in total. The molecule has 2 fully saturated rings. The molecule has 2 saturated heterocycles. The van der Waals surface area contributed by atoms with Gasteiger partial charge in [-0.15, -0.1) is 0 Å². The van der Waals surface area contributed by atoms with Gasteiger partial charge in [-0.05, 0) is 30.9 Å². The number of imidazole rings is 1. The summed E-state index contributed by atoms with van der Waals surface area (Å²) in [5.41, 5.74) is 2.17. The van der Waals surface area contributed by atoms with Crippen LogP contribution in [0, 0.1) is 0 Å². The molecular formula is C23H31N5O6. The maximum Gasteiger partial charge on any atom is 0.409 e. The molecule has 0 aliphatic carbocycles. The van der Waals surface area contributed by atoms with Gasteiger partial charge in [0.15, 0.2) is 0 Å². The number of benzene rings is 1. The van der Waals surface area contributed by atoms with Crippen molar-refractivity contribution in [1.29, 1.82) is 0 Å². The lowest BCUT2D eigenvalue weighted by atomic mass is 10.0. The van der Waals surface area contributed by atoms with Crippen LogP contribution in [0.2, 0.25) is 0 Å². The molecule has 2 N–H and O–H groups in total. The molecule has 2 aromatic rings. The molecule has 2 aliphatic heterocycles. The Morgan fingerprint density at radius 2 is 1.91 bits per heavy atom. The Morgan fingerprint density at radius 1 is 1.12 bits per heavy atom. The quantitative estimate of drug-likeness (QED) is 0.418. The summed E-state index contributed by atoms with van der Waals surface area (Å²) in [6.07, 6.45) is 1.62. The predicted octanol–water partition coefficient (Wildman–Crippen LogP) is 0.309. The van der Waals surface area contributed by atoms with Crippen LogP contribution < -0.4 is 16.3 Å². The van der Waals surface area contributed by atoms with Crippen molar-refractivity contribution in [2.75, 3.05) is 46.0 Å². The van der Waals surface area contributed by atoms with Gasteiger partial charge in [-0.25, -0.2) is 9.59 Å². The Hall–Kier alpha value is -3.18. The molecule has 11 heteroatoms. The van der Waals surface area contributed by atoms with E-state index in [-0.39, 0.29) is 30.7 Å². The first-order chi connectivity index (χ1) is 16.5. The Balaban J connectivity index is 1.31. The zero-order chi connectivity index (χ0) is 24.1. The predicted molar refractivity (Wildman–Crippen MR) is 124 cm³/mol. The largest absolute Gasteiger partial charge is 0.447 e. The van der Waals surface area contributed by atoms with Crippen LogP contribution in [0.3, 0.4) is 0 Å². The Labute approximate surface area is 197 Å². The van der Waals surface area contributed by atoms with Gasteiger partial charge in [0.25, 0.3) is 0 Å². The van der Waals surface area contributed by atoms with E-state index in [1.165, 1.54) is 4.57 Å². The molecule has 184 valence electrons. The summed E-state index contributed by atoms with van der Waals surface area (Å²) in [6.45, 7) is 3.89. The summed E-state index contributed by atoms with van der Waals surface area (Å²) in [5.74, 6) is -0.754. The molecule has 34 heavy (non-hydrogen) atoms. The van der Waals surface area contributed by atoms with Gasteiger partial charge in [0, 0.05) is 46.3 Å². The second-order valence-electron chi connectivity index (χ2n) is 8.53. The average molecular weight is 474 g/mol. The first-order valence-corrected chi connectivity index (χ1v) is 11.7. The van der Waals surface area contributed by atoms with Crippen molar-refractivity contribution in [3.8, 4) is 0 Å². The Bertz CT molecular complexity index is 1120. The molecule has 1 unspecified atom stereocenters. The van der Waals surface area contributed by atoms with Crippen LogP contribution in [0.5, 0.6) is 0 Å². The van der Waals surface area contributed by atoms with Gasteiger partial charge in [0.05, 0.1) is 17.6 Å². The van der Waals surface area contributed by atoms with E-state index >= 15 is 0 Å². The van der Waals surface area contributed by atoms with Gasteiger partial charge < -0.3 is 19.7 Å². The number of rotatable bonds is 8. The second-order valence-corrected chi connectivity index (χ2v) is 8.53. The van der Waals surface area contributed by atoms with Gasteiger partial charge >= 0.3 is 11.8 Å². The number of ether oxygens (including phenoxy) is 2. The van der Waals surface area contributed by atoms with E-state index in [4.69, 9.17) is 9.47 Å². The maximum absolute atomic E-state index is 13.0. The number of carbonyl (C=O) groups excluding carboxylic acids is 3. The van der Waals surface area contributed by atoms with E-state index in [1.807, 2.05) is 18.2 Å². The van der Waals surface area contributed by atoms with Gasteiger partial charge in [0.2, 0.25) is 11.8 Å². The van der Waals surface area contributed by atoms with Crippen LogP contribution in [-0.4, -0.2) is 77.9 Å². The highest BCUT2D eigenvalue weighted by molar-refractivity contribution is 6.00. The molecular weight excluding hydrogens is 442 g/mol. The zero-order valence-electron chi connectivity index (χ0n) is 19.4. The van der Waals surface area contributed by atoms with Gasteiger partial charge in [-0.1, -0.05) is 12.1 Å². The third-order valence-corrected chi connectivity index (χ3v) is 6.27. The molecule has 1 atom stereocenters. The fourth-order valence-corrected chi connectivity index (χ4v) is 4.54. The smallest absolute Gasteiger partial charge is 0.409 e. The van der Waals surface area contributed by atoms with Crippen molar-refractivity contribution in [1.82, 2.24) is 24.7 Å². The van der Waals surface area contributed by atoms with Crippen molar-refractivity contribution in [3.63, 3.8) is 0 Å². The minimum Gasteiger partial charge on any atom is -0.447 e. The summed E-state index contributed by atoms with van der Waals surface area (Å²) in [4.78, 5) is 50.5. The van der Waals surface area contributed by atoms with E-state index in [9.17, 15) is 19.2 Å². The highest BCUT2D eigenvalue weighted by Crippen LogP contribution is 2.25. The topological polar surface area (TPSA) is 124 Å². The fraction of sp³-hybridized carbons (Fsp3) is 0.565. The molecule has 1 aromatic heterocycles.